The van der Waals surface area contributed by atoms with E-state index in [1.54, 1.807) is 0 Å². The second-order valence-corrected chi connectivity index (χ2v) is 5.51. The third-order valence-electron chi connectivity index (χ3n) is 3.49. The molecule has 0 radical (unpaired) electrons. The minimum atomic E-state index is -0.251. The first-order chi connectivity index (χ1) is 9.88. The Morgan fingerprint density at radius 3 is 2.10 bits per heavy atom. The maximum absolute atomic E-state index is 5.69. The largest absolute Gasteiger partial charge is 0.494 e. The van der Waals surface area contributed by atoms with Crippen LogP contribution >= 0.6 is 15.9 Å². The molecule has 2 heterocycles. The smallest absolute Gasteiger partial charge is 0.407 e. The number of halogens is 1. The van der Waals surface area contributed by atoms with Gasteiger partial charge in [-0.1, -0.05) is 34.1 Å². The lowest BCUT2D eigenvalue weighted by Crippen LogP contribution is -2.45. The van der Waals surface area contributed by atoms with Crippen molar-refractivity contribution in [2.24, 2.45) is 0 Å². The summed E-state index contributed by atoms with van der Waals surface area (Å²) in [4.78, 5) is 0. The Labute approximate surface area is 128 Å². The Kier molecular flexibility index (Phi) is 5.18. The topological polar surface area (TPSA) is 36.9 Å². The predicted molar refractivity (Wildman–Crippen MR) is 82.9 cm³/mol. The van der Waals surface area contributed by atoms with E-state index in [4.69, 9.17) is 18.6 Å². The van der Waals surface area contributed by atoms with Crippen LogP contribution < -0.4 is 10.9 Å². The molecule has 0 unspecified atom stereocenters. The summed E-state index contributed by atoms with van der Waals surface area (Å²) in [6.07, 6.45) is 1.92. The van der Waals surface area contributed by atoms with E-state index in [1.165, 1.54) is 0 Å². The third-order valence-corrected chi connectivity index (χ3v) is 4.10. The highest BCUT2D eigenvalue weighted by Gasteiger charge is 2.29. The molecule has 3 rings (SSSR count). The normalized spacial score (nSPS) is 20.2. The van der Waals surface area contributed by atoms with Gasteiger partial charge >= 0.3 is 14.2 Å². The quantitative estimate of drug-likeness (QED) is 0.605. The van der Waals surface area contributed by atoms with Gasteiger partial charge in [-0.3, -0.25) is 0 Å². The zero-order valence-corrected chi connectivity index (χ0v) is 12.9. The van der Waals surface area contributed by atoms with Crippen molar-refractivity contribution in [3.05, 3.63) is 23.8 Å². The van der Waals surface area contributed by atoms with Crippen LogP contribution in [0.1, 0.15) is 18.4 Å². The lowest BCUT2D eigenvalue weighted by Gasteiger charge is -2.23. The van der Waals surface area contributed by atoms with Crippen LogP contribution in [0.25, 0.3) is 0 Å². The van der Waals surface area contributed by atoms with E-state index in [2.05, 4.69) is 28.1 Å². The zero-order valence-electron chi connectivity index (χ0n) is 11.3. The highest BCUT2D eigenvalue weighted by Crippen LogP contribution is 2.10. The summed E-state index contributed by atoms with van der Waals surface area (Å²) < 4.78 is 22.7. The van der Waals surface area contributed by atoms with Crippen LogP contribution in [0.3, 0.4) is 0 Å². The maximum atomic E-state index is 5.69. The molecule has 2 aliphatic rings. The standard InChI is InChI=1S/C13H17B2BrO4/c16-10-11-9-12(14-17-5-1-6-18-14)3-4-13(11)15-19-7-2-8-20-15/h3-4,9H,1-2,5-8,10H2. The van der Waals surface area contributed by atoms with E-state index >= 15 is 0 Å². The predicted octanol–water partition coefficient (Wildman–Crippen LogP) is 0.846. The molecule has 7 heteroatoms. The van der Waals surface area contributed by atoms with Gasteiger partial charge in [-0.25, -0.2) is 0 Å². The SMILES string of the molecule is BrCc1cc(B2OCCCO2)ccc1B1OCCCO1. The van der Waals surface area contributed by atoms with Crippen molar-refractivity contribution in [3.8, 4) is 0 Å². The average Bonchev–Trinajstić information content (AvgIpc) is 2.56. The van der Waals surface area contributed by atoms with Crippen molar-refractivity contribution in [1.82, 2.24) is 0 Å². The molecular weight excluding hydrogens is 322 g/mol. The molecule has 1 aromatic carbocycles. The molecule has 2 aliphatic heterocycles. The first-order valence-corrected chi connectivity index (χ1v) is 8.16. The molecule has 106 valence electrons. The lowest BCUT2D eigenvalue weighted by atomic mass is 9.70. The summed E-state index contributed by atoms with van der Waals surface area (Å²) in [5, 5.41) is 0.756. The van der Waals surface area contributed by atoms with Gasteiger partial charge in [0.25, 0.3) is 0 Å². The van der Waals surface area contributed by atoms with Gasteiger partial charge in [0.05, 0.1) is 0 Å². The summed E-state index contributed by atoms with van der Waals surface area (Å²) in [6.45, 7) is 3.02. The fourth-order valence-electron chi connectivity index (χ4n) is 2.47. The molecule has 0 N–H and O–H groups in total. The molecule has 4 nitrogen and oxygen atoms in total. The van der Waals surface area contributed by atoms with E-state index in [-0.39, 0.29) is 14.2 Å². The zero-order chi connectivity index (χ0) is 13.8. The molecule has 0 bridgehead atoms. The van der Waals surface area contributed by atoms with Crippen molar-refractivity contribution >= 4 is 41.1 Å². The van der Waals surface area contributed by atoms with E-state index in [0.717, 1.165) is 61.1 Å². The monoisotopic (exact) mass is 338 g/mol. The summed E-state index contributed by atoms with van der Waals surface area (Å²) in [5.74, 6) is 0. The Hall–Kier alpha value is -0.330. The van der Waals surface area contributed by atoms with Crippen molar-refractivity contribution < 1.29 is 18.6 Å². The molecule has 1 aromatic rings. The maximum Gasteiger partial charge on any atom is 0.494 e. The van der Waals surface area contributed by atoms with Gasteiger partial charge in [-0.15, -0.1) is 0 Å². The first kappa shape index (κ1) is 14.6. The molecular formula is C13H17B2BrO4. The van der Waals surface area contributed by atoms with Crippen molar-refractivity contribution in [3.63, 3.8) is 0 Å². The molecule has 0 saturated carbocycles. The summed E-state index contributed by atoms with van der Waals surface area (Å²) in [7, 11) is -0.498. The van der Waals surface area contributed by atoms with Gasteiger partial charge < -0.3 is 18.6 Å². The number of benzene rings is 1. The second kappa shape index (κ2) is 7.09. The van der Waals surface area contributed by atoms with Gasteiger partial charge in [0.1, 0.15) is 0 Å². The molecule has 0 aromatic heterocycles. The van der Waals surface area contributed by atoms with Crippen LogP contribution in [-0.2, 0) is 23.9 Å². The van der Waals surface area contributed by atoms with E-state index in [1.807, 2.05) is 6.07 Å². The Bertz CT molecular complexity index is 448. The first-order valence-electron chi connectivity index (χ1n) is 7.03. The fourth-order valence-corrected chi connectivity index (χ4v) is 2.95. The molecule has 0 atom stereocenters. The van der Waals surface area contributed by atoms with Crippen molar-refractivity contribution in [1.29, 1.82) is 0 Å². The highest BCUT2D eigenvalue weighted by atomic mass is 79.9. The third kappa shape index (κ3) is 3.28. The van der Waals surface area contributed by atoms with Crippen LogP contribution in [0.2, 0.25) is 0 Å². The van der Waals surface area contributed by atoms with Crippen LogP contribution in [-0.4, -0.2) is 40.7 Å². The highest BCUT2D eigenvalue weighted by molar-refractivity contribution is 9.08. The minimum Gasteiger partial charge on any atom is -0.407 e. The van der Waals surface area contributed by atoms with Crippen LogP contribution in [0.15, 0.2) is 18.2 Å². The Morgan fingerprint density at radius 1 is 0.900 bits per heavy atom. The van der Waals surface area contributed by atoms with Gasteiger partial charge in [0, 0.05) is 31.8 Å². The molecule has 2 fully saturated rings. The lowest BCUT2D eigenvalue weighted by molar-refractivity contribution is 0.142. The van der Waals surface area contributed by atoms with E-state index < -0.39 is 0 Å². The van der Waals surface area contributed by atoms with Crippen molar-refractivity contribution in [2.45, 2.75) is 18.2 Å². The summed E-state index contributed by atoms with van der Waals surface area (Å²) in [6, 6.07) is 6.21. The van der Waals surface area contributed by atoms with Crippen molar-refractivity contribution in [2.75, 3.05) is 26.4 Å². The van der Waals surface area contributed by atoms with E-state index in [0.29, 0.717) is 0 Å². The van der Waals surface area contributed by atoms with Gasteiger partial charge in [-0.05, 0) is 29.3 Å². The summed E-state index contributed by atoms with van der Waals surface area (Å²) in [5.41, 5.74) is 3.30. The number of hydrogen-bond donors (Lipinski definition) is 0. The molecule has 2 saturated heterocycles. The molecule has 0 aliphatic carbocycles. The molecule has 0 amide bonds. The average molecular weight is 339 g/mol. The molecule has 20 heavy (non-hydrogen) atoms. The molecule has 0 spiro atoms. The Morgan fingerprint density at radius 2 is 1.50 bits per heavy atom. The number of rotatable bonds is 3. The Balaban J connectivity index is 1.81. The summed E-state index contributed by atoms with van der Waals surface area (Å²) >= 11 is 3.54. The number of alkyl halides is 1. The minimum absolute atomic E-state index is 0.246. The van der Waals surface area contributed by atoms with E-state index in [9.17, 15) is 0 Å². The van der Waals surface area contributed by atoms with Crippen LogP contribution in [0.5, 0.6) is 0 Å². The fraction of sp³-hybridized carbons (Fsp3) is 0.538. The van der Waals surface area contributed by atoms with Crippen LogP contribution in [0.4, 0.5) is 0 Å². The van der Waals surface area contributed by atoms with Gasteiger partial charge in [0.15, 0.2) is 0 Å². The number of hydrogen-bond acceptors (Lipinski definition) is 4. The van der Waals surface area contributed by atoms with Gasteiger partial charge in [-0.2, -0.15) is 0 Å². The van der Waals surface area contributed by atoms with Gasteiger partial charge in [0.2, 0.25) is 0 Å². The van der Waals surface area contributed by atoms with Crippen LogP contribution in [0, 0.1) is 0 Å². The second-order valence-electron chi connectivity index (χ2n) is 4.95.